The maximum atomic E-state index is 5.10. The fourth-order valence-electron chi connectivity index (χ4n) is 12.5. The molecule has 3 heterocycles. The van der Waals surface area contributed by atoms with E-state index >= 15 is 0 Å². The Labute approximate surface area is 497 Å². The molecule has 13 aromatic rings. The van der Waals surface area contributed by atoms with E-state index in [9.17, 15) is 0 Å². The van der Waals surface area contributed by atoms with E-state index in [2.05, 4.69) is 323 Å². The Bertz CT molecular complexity index is 4310. The molecule has 0 radical (unpaired) electrons. The molecule has 0 amide bonds. The van der Waals surface area contributed by atoms with Crippen LogP contribution in [0.1, 0.15) is 105 Å². The second-order valence-electron chi connectivity index (χ2n) is 27.4. The Morgan fingerprint density at radius 2 is 0.595 bits per heavy atom. The molecule has 13 rings (SSSR count). The zero-order valence-corrected chi connectivity index (χ0v) is 50.9. The number of benzene rings is 10. The molecular weight excluding hydrogens is 1010 g/mol. The topological polar surface area (TPSA) is 22.8 Å². The predicted molar refractivity (Wildman–Crippen MR) is 360 cm³/mol. The molecule has 10 aromatic carbocycles. The third-order valence-electron chi connectivity index (χ3n) is 17.4. The van der Waals surface area contributed by atoms with Crippen LogP contribution < -0.4 is 0 Å². The largest absolute Gasteiger partial charge is 0.309 e. The summed E-state index contributed by atoms with van der Waals surface area (Å²) in [6.07, 6.45) is 2.03. The van der Waals surface area contributed by atoms with Crippen LogP contribution in [-0.4, -0.2) is 14.1 Å². The van der Waals surface area contributed by atoms with E-state index in [0.29, 0.717) is 0 Å². The van der Waals surface area contributed by atoms with Crippen LogP contribution in [-0.2, 0) is 21.7 Å². The minimum Gasteiger partial charge on any atom is -0.309 e. The average molecular weight is 1090 g/mol. The molecule has 0 saturated carbocycles. The van der Waals surface area contributed by atoms with Gasteiger partial charge in [-0.2, -0.15) is 0 Å². The zero-order chi connectivity index (χ0) is 58.5. The summed E-state index contributed by atoms with van der Waals surface area (Å²) in [5.74, 6) is 0. The lowest BCUT2D eigenvalue weighted by Crippen LogP contribution is -2.10. The van der Waals surface area contributed by atoms with Gasteiger partial charge in [-0.05, 0) is 148 Å². The first-order valence-electron chi connectivity index (χ1n) is 29.9. The molecule has 0 saturated heterocycles. The summed E-state index contributed by atoms with van der Waals surface area (Å²) in [7, 11) is 0. The molecule has 0 aliphatic heterocycles. The maximum Gasteiger partial charge on any atom is 0.0702 e. The van der Waals surface area contributed by atoms with Gasteiger partial charge in [-0.15, -0.1) is 0 Å². The van der Waals surface area contributed by atoms with Gasteiger partial charge in [-0.1, -0.05) is 259 Å². The van der Waals surface area contributed by atoms with E-state index in [1.54, 1.807) is 0 Å². The fourth-order valence-corrected chi connectivity index (χ4v) is 12.5. The highest BCUT2D eigenvalue weighted by Crippen LogP contribution is 2.47. The van der Waals surface area contributed by atoms with Crippen molar-refractivity contribution in [3.63, 3.8) is 0 Å². The molecular formula is C81H75N3. The van der Waals surface area contributed by atoms with Crippen LogP contribution in [0.15, 0.2) is 237 Å². The highest BCUT2D eigenvalue weighted by molar-refractivity contribution is 6.08. The molecule has 414 valence electrons. The maximum absolute atomic E-state index is 5.10. The number of para-hydroxylation sites is 2. The zero-order valence-electron chi connectivity index (χ0n) is 50.9. The van der Waals surface area contributed by atoms with Crippen molar-refractivity contribution >= 4 is 43.4 Å². The number of aromatic nitrogens is 3. The van der Waals surface area contributed by atoms with E-state index in [1.807, 2.05) is 6.20 Å². The molecule has 0 unspecified atom stereocenters. The van der Waals surface area contributed by atoms with Gasteiger partial charge in [-0.25, -0.2) is 0 Å². The third-order valence-corrected chi connectivity index (χ3v) is 17.4. The second kappa shape index (κ2) is 20.4. The predicted octanol–water partition coefficient (Wildman–Crippen LogP) is 22.5. The van der Waals surface area contributed by atoms with Crippen LogP contribution in [0.25, 0.3) is 122 Å². The average Bonchev–Trinajstić information content (AvgIpc) is 1.81. The third kappa shape index (κ3) is 9.94. The number of fused-ring (bicyclic) bond motifs is 4. The Morgan fingerprint density at radius 1 is 0.274 bits per heavy atom. The summed E-state index contributed by atoms with van der Waals surface area (Å²) < 4.78 is 4.96. The van der Waals surface area contributed by atoms with Crippen molar-refractivity contribution in [2.45, 2.75) is 105 Å². The Kier molecular flexibility index (Phi) is 13.2. The molecule has 0 N–H and O–H groups in total. The molecule has 0 spiro atoms. The number of pyridine rings is 1. The van der Waals surface area contributed by atoms with Crippen LogP contribution >= 0.6 is 0 Å². The lowest BCUT2D eigenvalue weighted by Gasteiger charge is -2.21. The molecule has 0 fully saturated rings. The van der Waals surface area contributed by atoms with E-state index in [1.165, 1.54) is 110 Å². The van der Waals surface area contributed by atoms with E-state index in [-0.39, 0.29) is 21.7 Å². The molecule has 0 bridgehead atoms. The number of nitrogens with zero attached hydrogens (tertiary/aromatic N) is 3. The first-order valence-corrected chi connectivity index (χ1v) is 29.9. The number of hydrogen-bond acceptors (Lipinski definition) is 1. The lowest BCUT2D eigenvalue weighted by atomic mass is 9.85. The van der Waals surface area contributed by atoms with Crippen LogP contribution in [0.5, 0.6) is 0 Å². The van der Waals surface area contributed by atoms with Crippen LogP contribution in [0, 0.1) is 0 Å². The van der Waals surface area contributed by atoms with Crippen LogP contribution in [0.3, 0.4) is 0 Å². The van der Waals surface area contributed by atoms with Crippen molar-refractivity contribution in [1.82, 2.24) is 14.1 Å². The Balaban J connectivity index is 0.827. The molecule has 3 aromatic heterocycles. The van der Waals surface area contributed by atoms with Gasteiger partial charge in [0.2, 0.25) is 0 Å². The summed E-state index contributed by atoms with van der Waals surface area (Å²) in [6.45, 7) is 27.4. The van der Waals surface area contributed by atoms with Gasteiger partial charge in [0.15, 0.2) is 0 Å². The fraction of sp³-hybridized carbons (Fsp3) is 0.198. The van der Waals surface area contributed by atoms with Crippen molar-refractivity contribution in [2.24, 2.45) is 0 Å². The smallest absolute Gasteiger partial charge is 0.0702 e. The first-order chi connectivity index (χ1) is 40.2. The summed E-state index contributed by atoms with van der Waals surface area (Å²) in [5.41, 5.74) is 24.1. The van der Waals surface area contributed by atoms with Crippen LogP contribution in [0.2, 0.25) is 0 Å². The monoisotopic (exact) mass is 1090 g/mol. The summed E-state index contributed by atoms with van der Waals surface area (Å²) in [4.78, 5) is 5.10. The molecule has 0 aliphatic carbocycles. The van der Waals surface area contributed by atoms with Crippen molar-refractivity contribution in [2.75, 3.05) is 0 Å². The minimum atomic E-state index is 0.0505. The van der Waals surface area contributed by atoms with E-state index in [4.69, 9.17) is 4.98 Å². The highest BCUT2D eigenvalue weighted by Gasteiger charge is 2.26. The molecule has 0 atom stereocenters. The van der Waals surface area contributed by atoms with E-state index in [0.717, 1.165) is 33.8 Å². The van der Waals surface area contributed by atoms with Gasteiger partial charge >= 0.3 is 0 Å². The molecule has 3 nitrogen and oxygen atoms in total. The number of rotatable bonds is 8. The van der Waals surface area contributed by atoms with Gasteiger partial charge < -0.3 is 9.13 Å². The summed E-state index contributed by atoms with van der Waals surface area (Å²) >= 11 is 0. The van der Waals surface area contributed by atoms with Crippen molar-refractivity contribution < 1.29 is 0 Å². The standard InChI is InChI=1S/C81H75N3/c1-78(2,3)63-36-25-52(26-37-63)74-69-17-13-15-19-72(69)83(76(74)54-29-40-65(41-30-54)80(7,8)9)67-44-33-56-47-58(21-22-59(56)49-67)62-35-46-71(82-51-62)61-24-23-60-50-68(45-34-57(60)48-61)84-73-20-16-14-18-70(73)75(53-27-38-64(39-28-53)79(4,5)6)77(84)55-31-42-66(43-32-55)81(10,11)12/h13-51H,1-12H3. The Morgan fingerprint density at radius 3 is 0.976 bits per heavy atom. The van der Waals surface area contributed by atoms with E-state index < -0.39 is 0 Å². The quantitative estimate of drug-likeness (QED) is 0.149. The van der Waals surface area contributed by atoms with Crippen molar-refractivity contribution in [3.05, 3.63) is 259 Å². The van der Waals surface area contributed by atoms with Crippen molar-refractivity contribution in [3.8, 4) is 78.5 Å². The minimum absolute atomic E-state index is 0.0505. The van der Waals surface area contributed by atoms with Crippen LogP contribution in [0.4, 0.5) is 0 Å². The highest BCUT2D eigenvalue weighted by atomic mass is 15.0. The molecule has 3 heteroatoms. The van der Waals surface area contributed by atoms with Crippen molar-refractivity contribution in [1.29, 1.82) is 0 Å². The SMILES string of the molecule is CC(C)(C)c1ccc(-c2c(-c3ccc(C(C)(C)C)cc3)n(-c3ccc4cc(-c5ccc(-c6ccc7cc(-n8c(-c9ccc(C(C)(C)C)cc9)c(-c9ccc(C(C)(C)C)cc9)c9ccccc98)ccc7c6)nc5)ccc4c3)c3ccccc23)cc1. The lowest BCUT2D eigenvalue weighted by molar-refractivity contribution is 0.590. The van der Waals surface area contributed by atoms with Gasteiger partial charge in [0.1, 0.15) is 0 Å². The second-order valence-corrected chi connectivity index (χ2v) is 27.4. The molecule has 0 aliphatic rings. The first kappa shape index (κ1) is 54.2. The normalized spacial score (nSPS) is 12.5. The van der Waals surface area contributed by atoms with Gasteiger partial charge in [0, 0.05) is 50.6 Å². The van der Waals surface area contributed by atoms with Gasteiger partial charge in [-0.3, -0.25) is 4.98 Å². The van der Waals surface area contributed by atoms with Gasteiger partial charge in [0.25, 0.3) is 0 Å². The number of hydrogen-bond donors (Lipinski definition) is 0. The summed E-state index contributed by atoms with van der Waals surface area (Å²) in [5, 5.41) is 7.19. The molecule has 84 heavy (non-hydrogen) atoms. The van der Waals surface area contributed by atoms with Gasteiger partial charge in [0.05, 0.1) is 28.1 Å². The summed E-state index contributed by atoms with van der Waals surface area (Å²) in [6, 6.07) is 86.5. The Hall–Kier alpha value is -9.05.